The van der Waals surface area contributed by atoms with Crippen LogP contribution in [0.5, 0.6) is 0 Å². The molecule has 9 nitrogen and oxygen atoms in total. The number of anilines is 3. The maximum atomic E-state index is 12.7. The number of nitrogens with zero attached hydrogens (tertiary/aromatic N) is 1. The first-order valence-electron chi connectivity index (χ1n) is 23.8. The summed E-state index contributed by atoms with van der Waals surface area (Å²) in [6.45, 7) is 25.5. The summed E-state index contributed by atoms with van der Waals surface area (Å²) >= 11 is 4.22. The van der Waals surface area contributed by atoms with E-state index in [1.165, 1.54) is 38.8 Å². The van der Waals surface area contributed by atoms with E-state index in [2.05, 4.69) is 134 Å². The molecule has 72 heavy (non-hydrogen) atoms. The molecule has 0 unspecified atom stereocenters. The number of nitrogens with one attached hydrogen (secondary N) is 3. The summed E-state index contributed by atoms with van der Waals surface area (Å²) in [5.74, 6) is -0.341. The Hall–Kier alpha value is -6.99. The lowest BCUT2D eigenvalue weighted by atomic mass is 9.86. The first-order valence-corrected chi connectivity index (χ1v) is 26.2. The lowest BCUT2D eigenvalue weighted by Crippen LogP contribution is -2.15. The molecule has 0 saturated heterocycles. The molecule has 9 rings (SSSR count). The monoisotopic (exact) mass is 1010 g/mol. The first-order chi connectivity index (χ1) is 33.8. The minimum absolute atomic E-state index is 0.0149. The van der Waals surface area contributed by atoms with Crippen molar-refractivity contribution in [2.24, 2.45) is 0 Å². The number of carbonyl (C=O) groups is 3. The third-order valence-electron chi connectivity index (χ3n) is 12.2. The predicted octanol–water partition coefficient (Wildman–Crippen LogP) is 17.2. The third-order valence-corrected chi connectivity index (χ3v) is 15.8. The number of hydrogen-bond acceptors (Lipinski definition) is 8. The van der Waals surface area contributed by atoms with Crippen LogP contribution in [-0.2, 0) is 16.2 Å². The second-order valence-electron chi connectivity index (χ2n) is 21.1. The van der Waals surface area contributed by atoms with Crippen molar-refractivity contribution in [3.63, 3.8) is 0 Å². The molecule has 3 amide bonds. The third kappa shape index (κ3) is 12.7. The highest BCUT2D eigenvalue weighted by Crippen LogP contribution is 2.35. The van der Waals surface area contributed by atoms with Crippen LogP contribution in [0.3, 0.4) is 0 Å². The van der Waals surface area contributed by atoms with E-state index in [9.17, 15) is 24.5 Å². The Morgan fingerprint density at radius 2 is 0.889 bits per heavy atom. The van der Waals surface area contributed by atoms with E-state index in [0.29, 0.717) is 20.7 Å². The van der Waals surface area contributed by atoms with Gasteiger partial charge in [0, 0.05) is 37.9 Å². The maximum Gasteiger partial charge on any atom is 0.287 e. The lowest BCUT2D eigenvalue weighted by molar-refractivity contribution is -0.382. The van der Waals surface area contributed by atoms with Crippen molar-refractivity contribution >= 4 is 105 Å². The average molecular weight is 1020 g/mol. The summed E-state index contributed by atoms with van der Waals surface area (Å²) in [7, 11) is 0. The number of aryl methyl sites for hydroxylation is 3. The van der Waals surface area contributed by atoms with Crippen LogP contribution in [0.2, 0.25) is 0 Å². The largest absolute Gasteiger partial charge is 0.321 e. The molecule has 3 aromatic heterocycles. The molecule has 3 N–H and O–H groups in total. The van der Waals surface area contributed by atoms with Crippen LogP contribution in [-0.4, -0.2) is 22.6 Å². The van der Waals surface area contributed by atoms with Crippen LogP contribution in [0, 0.1) is 30.9 Å². The normalized spacial score (nSPS) is 11.6. The number of benzene rings is 6. The van der Waals surface area contributed by atoms with Crippen LogP contribution in [0.4, 0.5) is 22.7 Å². The molecular weight excluding hydrogens is 953 g/mol. The van der Waals surface area contributed by atoms with Gasteiger partial charge in [-0.2, -0.15) is 0 Å². The van der Waals surface area contributed by atoms with E-state index >= 15 is 0 Å². The van der Waals surface area contributed by atoms with Gasteiger partial charge in [0.15, 0.2) is 0 Å². The average Bonchev–Trinajstić information content (AvgIpc) is 4.08. The number of thiophene rings is 3. The molecule has 3 heterocycles. The van der Waals surface area contributed by atoms with E-state index in [-0.39, 0.29) is 39.7 Å². The van der Waals surface area contributed by atoms with E-state index in [1.807, 2.05) is 80.6 Å². The fraction of sp³-hybridized carbons (Fsp3) is 0.250. The Labute approximate surface area is 434 Å². The summed E-state index contributed by atoms with van der Waals surface area (Å²) in [5, 5.41) is 23.1. The Bertz CT molecular complexity index is 3450. The van der Waals surface area contributed by atoms with Gasteiger partial charge in [0.05, 0.1) is 19.6 Å². The van der Waals surface area contributed by atoms with Gasteiger partial charge in [-0.25, -0.2) is 0 Å². The highest BCUT2D eigenvalue weighted by molar-refractivity contribution is 7.22. The molecule has 0 saturated carbocycles. The number of nitro benzene ring substituents is 1. The maximum absolute atomic E-state index is 12.7. The van der Waals surface area contributed by atoms with Crippen molar-refractivity contribution in [3.8, 4) is 0 Å². The van der Waals surface area contributed by atoms with Crippen molar-refractivity contribution in [2.75, 3.05) is 16.0 Å². The Balaban J connectivity index is 0.000000159. The minimum atomic E-state index is -0.423. The second-order valence-corrected chi connectivity index (χ2v) is 24.3. The van der Waals surface area contributed by atoms with E-state index in [4.69, 9.17) is 0 Å². The molecule has 370 valence electrons. The molecule has 9 aromatic rings. The molecule has 12 heteroatoms. The van der Waals surface area contributed by atoms with Crippen LogP contribution >= 0.6 is 34.0 Å². The van der Waals surface area contributed by atoms with Crippen LogP contribution < -0.4 is 16.0 Å². The van der Waals surface area contributed by atoms with Gasteiger partial charge in [-0.15, -0.1) is 34.0 Å². The molecule has 0 atom stereocenters. The van der Waals surface area contributed by atoms with E-state index in [0.717, 1.165) is 64.6 Å². The number of non-ortho nitro benzene ring substituents is 1. The quantitative estimate of drug-likeness (QED) is 0.108. The van der Waals surface area contributed by atoms with Crippen LogP contribution in [0.1, 0.15) is 125 Å². The van der Waals surface area contributed by atoms with E-state index < -0.39 is 4.92 Å². The van der Waals surface area contributed by atoms with Crippen LogP contribution in [0.15, 0.2) is 140 Å². The summed E-state index contributed by atoms with van der Waals surface area (Å²) < 4.78 is 2.83. The molecule has 6 aromatic carbocycles. The standard InChI is InChI=1S/C21H23NOS.C20H21NOS.C19H18N2O3S/c1-13-9-10-16(21(3,4)5)12-17(13)22-20(23)18-11-15-8-6-7-14(2)19(15)24-18;1-13-9-10-15(20(2,3)4)12-16(13)21-19(22)18-11-14-7-5-6-8-17(14)23-18;1-19(2,3)13-7-5-8-14(11-13)20-18(22)16-10-12-6-4-9-15(21(23)24)17(12)25-16/h6-12H,1-5H3,(H,22,23);5-12H,1-4H3,(H,21,22);4-11H,1-3H3,(H,20,22). The van der Waals surface area contributed by atoms with Crippen molar-refractivity contribution in [1.29, 1.82) is 0 Å². The smallest absolute Gasteiger partial charge is 0.287 e. The minimum Gasteiger partial charge on any atom is -0.321 e. The zero-order valence-electron chi connectivity index (χ0n) is 43.0. The van der Waals surface area contributed by atoms with Crippen molar-refractivity contribution in [2.45, 2.75) is 99.3 Å². The van der Waals surface area contributed by atoms with Crippen molar-refractivity contribution < 1.29 is 19.3 Å². The molecule has 0 fully saturated rings. The Kier molecular flexibility index (Phi) is 15.7. The van der Waals surface area contributed by atoms with Crippen molar-refractivity contribution in [3.05, 3.63) is 198 Å². The van der Waals surface area contributed by atoms with Gasteiger partial charge in [-0.05, 0) is 130 Å². The van der Waals surface area contributed by atoms with Gasteiger partial charge in [0.25, 0.3) is 23.4 Å². The molecule has 0 radical (unpaired) electrons. The van der Waals surface area contributed by atoms with Gasteiger partial charge in [-0.1, -0.05) is 147 Å². The molecule has 0 aliphatic heterocycles. The van der Waals surface area contributed by atoms with E-state index in [1.54, 1.807) is 29.5 Å². The number of carbonyl (C=O) groups excluding carboxylic acids is 3. The van der Waals surface area contributed by atoms with Crippen molar-refractivity contribution in [1.82, 2.24) is 0 Å². The highest BCUT2D eigenvalue weighted by Gasteiger charge is 2.21. The SMILES string of the molecule is CC(C)(C)c1cccc(NC(=O)c2cc3cccc([N+](=O)[O-])c3s2)c1.Cc1ccc(C(C)(C)C)cc1NC(=O)c1cc2cccc(C)c2s1.Cc1ccc(C(C)(C)C)cc1NC(=O)c1cc2ccccc2s1. The molecular formula is C60H62N4O5S3. The van der Waals surface area contributed by atoms with Gasteiger partial charge >= 0.3 is 0 Å². The van der Waals surface area contributed by atoms with Gasteiger partial charge in [0.2, 0.25) is 0 Å². The molecule has 0 spiro atoms. The fourth-order valence-electron chi connectivity index (χ4n) is 7.79. The van der Waals surface area contributed by atoms with Gasteiger partial charge in [-0.3, -0.25) is 24.5 Å². The zero-order valence-corrected chi connectivity index (χ0v) is 45.4. The van der Waals surface area contributed by atoms with Crippen LogP contribution in [0.25, 0.3) is 30.3 Å². The number of hydrogen-bond donors (Lipinski definition) is 3. The lowest BCUT2D eigenvalue weighted by Gasteiger charge is -2.21. The van der Waals surface area contributed by atoms with Gasteiger partial charge < -0.3 is 16.0 Å². The molecule has 0 aliphatic rings. The highest BCUT2D eigenvalue weighted by atomic mass is 32.1. The number of fused-ring (bicyclic) bond motifs is 3. The summed E-state index contributed by atoms with van der Waals surface area (Å²) in [6, 6.07) is 45.0. The molecule has 0 aliphatic carbocycles. The Morgan fingerprint density at radius 1 is 0.444 bits per heavy atom. The topological polar surface area (TPSA) is 130 Å². The number of amides is 3. The summed E-state index contributed by atoms with van der Waals surface area (Å²) in [6.07, 6.45) is 0. The zero-order chi connectivity index (χ0) is 52.3. The summed E-state index contributed by atoms with van der Waals surface area (Å²) in [5.41, 5.74) is 9.54. The fourth-order valence-corrected chi connectivity index (χ4v) is 10.8. The number of nitro groups is 1. The number of rotatable bonds is 7. The first kappa shape index (κ1) is 52.8. The Morgan fingerprint density at radius 3 is 1.42 bits per heavy atom. The second kappa shape index (κ2) is 21.4. The molecule has 0 bridgehead atoms. The predicted molar refractivity (Wildman–Crippen MR) is 306 cm³/mol. The van der Waals surface area contributed by atoms with Gasteiger partial charge in [0.1, 0.15) is 4.70 Å². The summed E-state index contributed by atoms with van der Waals surface area (Å²) in [4.78, 5) is 50.5.